The SMILES string of the molecule is COc1ccc(C2C(C(=O)c3cc(C)oc3C)C(c3ccccc3)N(C(=O)C3CCCC3)C2C(=O)N2CCNCC2)cc1. The number of nitrogens with zero attached hydrogens (tertiary/aromatic N) is 2. The molecule has 3 fully saturated rings. The van der Waals surface area contributed by atoms with Crippen molar-refractivity contribution in [3.05, 3.63) is 88.9 Å². The molecule has 0 radical (unpaired) electrons. The molecular formula is C35H41N3O5. The third-order valence-electron chi connectivity index (χ3n) is 9.56. The molecule has 4 unspecified atom stereocenters. The minimum atomic E-state index is -0.827. The van der Waals surface area contributed by atoms with E-state index in [0.29, 0.717) is 49.0 Å². The predicted molar refractivity (Wildman–Crippen MR) is 163 cm³/mol. The summed E-state index contributed by atoms with van der Waals surface area (Å²) in [5.41, 5.74) is 2.21. The van der Waals surface area contributed by atoms with Crippen LogP contribution in [0.15, 0.2) is 65.1 Å². The van der Waals surface area contributed by atoms with E-state index in [4.69, 9.17) is 9.15 Å². The third-order valence-corrected chi connectivity index (χ3v) is 9.56. The van der Waals surface area contributed by atoms with E-state index in [1.807, 2.05) is 71.3 Å². The number of furan rings is 1. The first-order valence-corrected chi connectivity index (χ1v) is 15.5. The molecular weight excluding hydrogens is 542 g/mol. The van der Waals surface area contributed by atoms with Gasteiger partial charge in [0.15, 0.2) is 5.78 Å². The molecule has 2 aliphatic heterocycles. The van der Waals surface area contributed by atoms with Gasteiger partial charge in [-0.25, -0.2) is 0 Å². The lowest BCUT2D eigenvalue weighted by atomic mass is 9.76. The summed E-state index contributed by atoms with van der Waals surface area (Å²) in [6.07, 6.45) is 3.59. The van der Waals surface area contributed by atoms with Crippen LogP contribution in [0.4, 0.5) is 0 Å². The number of nitrogens with one attached hydrogen (secondary N) is 1. The monoisotopic (exact) mass is 583 g/mol. The zero-order chi connectivity index (χ0) is 30.1. The van der Waals surface area contributed by atoms with Gasteiger partial charge < -0.3 is 24.3 Å². The van der Waals surface area contributed by atoms with Crippen molar-refractivity contribution in [1.82, 2.24) is 15.1 Å². The van der Waals surface area contributed by atoms with Gasteiger partial charge in [-0.3, -0.25) is 14.4 Å². The van der Waals surface area contributed by atoms with Gasteiger partial charge in [0.2, 0.25) is 11.8 Å². The Kier molecular flexibility index (Phi) is 8.39. The van der Waals surface area contributed by atoms with Gasteiger partial charge in [-0.1, -0.05) is 55.3 Å². The van der Waals surface area contributed by atoms with Crippen molar-refractivity contribution in [2.75, 3.05) is 33.3 Å². The highest BCUT2D eigenvalue weighted by molar-refractivity contribution is 6.02. The molecule has 1 N–H and O–H groups in total. The molecule has 6 rings (SSSR count). The van der Waals surface area contributed by atoms with Crippen LogP contribution in [-0.4, -0.2) is 66.7 Å². The first kappa shape index (κ1) is 29.2. The normalized spacial score (nSPS) is 24.3. The maximum atomic E-state index is 14.8. The first-order valence-electron chi connectivity index (χ1n) is 15.5. The summed E-state index contributed by atoms with van der Waals surface area (Å²) in [5, 5.41) is 3.33. The molecule has 2 saturated heterocycles. The molecule has 226 valence electrons. The molecule has 1 saturated carbocycles. The Hall–Kier alpha value is -3.91. The van der Waals surface area contributed by atoms with Crippen LogP contribution < -0.4 is 10.1 Å². The molecule has 2 amide bonds. The van der Waals surface area contributed by atoms with Crippen molar-refractivity contribution in [3.8, 4) is 5.75 Å². The van der Waals surface area contributed by atoms with Gasteiger partial charge >= 0.3 is 0 Å². The van der Waals surface area contributed by atoms with Gasteiger partial charge in [-0.05, 0) is 56.0 Å². The Morgan fingerprint density at radius 1 is 0.884 bits per heavy atom. The summed E-state index contributed by atoms with van der Waals surface area (Å²) in [6.45, 7) is 6.15. The summed E-state index contributed by atoms with van der Waals surface area (Å²) in [7, 11) is 1.62. The van der Waals surface area contributed by atoms with Gasteiger partial charge in [-0.2, -0.15) is 0 Å². The van der Waals surface area contributed by atoms with Crippen LogP contribution in [0.1, 0.15) is 70.6 Å². The fraction of sp³-hybridized carbons (Fsp3) is 0.457. The number of hydrogen-bond acceptors (Lipinski definition) is 6. The van der Waals surface area contributed by atoms with Crippen LogP contribution in [0.5, 0.6) is 5.75 Å². The van der Waals surface area contributed by atoms with Gasteiger partial charge in [0.25, 0.3) is 0 Å². The minimum Gasteiger partial charge on any atom is -0.497 e. The van der Waals surface area contributed by atoms with Gasteiger partial charge in [-0.15, -0.1) is 0 Å². The zero-order valence-electron chi connectivity index (χ0n) is 25.3. The van der Waals surface area contributed by atoms with Crippen LogP contribution in [0, 0.1) is 25.7 Å². The van der Waals surface area contributed by atoms with E-state index < -0.39 is 23.9 Å². The second-order valence-electron chi connectivity index (χ2n) is 12.1. The Bertz CT molecular complexity index is 1450. The zero-order valence-corrected chi connectivity index (χ0v) is 25.3. The molecule has 3 aliphatic rings. The molecule has 43 heavy (non-hydrogen) atoms. The Labute approximate surface area is 253 Å². The van der Waals surface area contributed by atoms with Crippen molar-refractivity contribution >= 4 is 17.6 Å². The van der Waals surface area contributed by atoms with E-state index >= 15 is 0 Å². The number of aryl methyl sites for hydroxylation is 2. The molecule has 3 aromatic rings. The van der Waals surface area contributed by atoms with Gasteiger partial charge in [0, 0.05) is 38.0 Å². The van der Waals surface area contributed by atoms with Crippen molar-refractivity contribution in [1.29, 1.82) is 0 Å². The van der Waals surface area contributed by atoms with E-state index in [9.17, 15) is 14.4 Å². The lowest BCUT2D eigenvalue weighted by molar-refractivity contribution is -0.148. The van der Waals surface area contributed by atoms with Gasteiger partial charge in [0.1, 0.15) is 23.3 Å². The molecule has 1 aliphatic carbocycles. The molecule has 3 heterocycles. The average molecular weight is 584 g/mol. The standard InChI is InChI=1S/C35H41N3O5/c1-22-21-28(23(2)43-22)33(39)30-29(24-13-15-27(42-3)16-14-24)32(35(41)37-19-17-36-18-20-37)38(34(40)26-11-7-8-12-26)31(30)25-9-5-4-6-10-25/h4-6,9-10,13-16,21,26,29-32,36H,7-8,11-12,17-20H2,1-3H3. The van der Waals surface area contributed by atoms with Crippen LogP contribution in [0.3, 0.4) is 0 Å². The van der Waals surface area contributed by atoms with Crippen LogP contribution in [0.25, 0.3) is 0 Å². The number of amides is 2. The maximum Gasteiger partial charge on any atom is 0.246 e. The Morgan fingerprint density at radius 3 is 2.16 bits per heavy atom. The summed E-state index contributed by atoms with van der Waals surface area (Å²) in [6, 6.07) is 17.8. The smallest absolute Gasteiger partial charge is 0.246 e. The summed E-state index contributed by atoms with van der Waals surface area (Å²) >= 11 is 0. The third kappa shape index (κ3) is 5.49. The van der Waals surface area contributed by atoms with E-state index in [0.717, 1.165) is 36.8 Å². The largest absolute Gasteiger partial charge is 0.497 e. The number of ketones is 1. The van der Waals surface area contributed by atoms with Crippen molar-refractivity contribution in [3.63, 3.8) is 0 Å². The second-order valence-corrected chi connectivity index (χ2v) is 12.1. The summed E-state index contributed by atoms with van der Waals surface area (Å²) < 4.78 is 11.3. The fourth-order valence-corrected chi connectivity index (χ4v) is 7.51. The number of benzene rings is 2. The van der Waals surface area contributed by atoms with E-state index in [1.165, 1.54) is 0 Å². The molecule has 8 nitrogen and oxygen atoms in total. The topological polar surface area (TPSA) is 92.1 Å². The molecule has 4 atom stereocenters. The average Bonchev–Trinajstić information content (AvgIpc) is 3.78. The number of rotatable bonds is 7. The number of likely N-dealkylation sites (tertiary alicyclic amines) is 1. The van der Waals surface area contributed by atoms with Crippen molar-refractivity contribution < 1.29 is 23.5 Å². The molecule has 2 aromatic carbocycles. The first-order chi connectivity index (χ1) is 20.9. The minimum absolute atomic E-state index is 0.0197. The number of piperazine rings is 1. The molecule has 0 bridgehead atoms. The number of methoxy groups -OCH3 is 1. The fourth-order valence-electron chi connectivity index (χ4n) is 7.51. The molecule has 8 heteroatoms. The van der Waals surface area contributed by atoms with E-state index in [2.05, 4.69) is 5.32 Å². The summed E-state index contributed by atoms with van der Waals surface area (Å²) in [5.74, 6) is 0.251. The van der Waals surface area contributed by atoms with Crippen molar-refractivity contribution in [2.45, 2.75) is 57.5 Å². The van der Waals surface area contributed by atoms with Crippen LogP contribution in [0.2, 0.25) is 0 Å². The highest BCUT2D eigenvalue weighted by atomic mass is 16.5. The summed E-state index contributed by atoms with van der Waals surface area (Å²) in [4.78, 5) is 48.0. The van der Waals surface area contributed by atoms with Crippen LogP contribution >= 0.6 is 0 Å². The number of Topliss-reactive ketones (excluding diaryl/α,β-unsaturated/α-hetero) is 1. The number of carbonyl (C=O) groups excluding carboxylic acids is 3. The van der Waals surface area contributed by atoms with E-state index in [-0.39, 0.29) is 23.5 Å². The second kappa shape index (κ2) is 12.4. The number of carbonyl (C=O) groups is 3. The van der Waals surface area contributed by atoms with Gasteiger partial charge in [0.05, 0.1) is 24.6 Å². The maximum absolute atomic E-state index is 14.8. The number of ether oxygens (including phenoxy) is 1. The predicted octanol–water partition coefficient (Wildman–Crippen LogP) is 5.06. The van der Waals surface area contributed by atoms with Crippen molar-refractivity contribution in [2.24, 2.45) is 11.8 Å². The Balaban J connectivity index is 1.58. The highest BCUT2D eigenvalue weighted by Gasteiger charge is 2.59. The quantitative estimate of drug-likeness (QED) is 0.391. The lowest BCUT2D eigenvalue weighted by Gasteiger charge is -2.37. The highest BCUT2D eigenvalue weighted by Crippen LogP contribution is 2.53. The molecule has 0 spiro atoms. The lowest BCUT2D eigenvalue weighted by Crippen LogP contribution is -2.55. The van der Waals surface area contributed by atoms with E-state index in [1.54, 1.807) is 20.1 Å². The Morgan fingerprint density at radius 2 is 1.56 bits per heavy atom. The molecule has 1 aromatic heterocycles. The number of hydrogen-bond donors (Lipinski definition) is 1. The van der Waals surface area contributed by atoms with Crippen LogP contribution in [-0.2, 0) is 9.59 Å².